The minimum Gasteiger partial charge on any atom is -0.339 e. The number of carbonyl (C=O) groups is 2. The van der Waals surface area contributed by atoms with E-state index in [-0.39, 0.29) is 11.7 Å². The molecule has 0 spiro atoms. The van der Waals surface area contributed by atoms with Crippen molar-refractivity contribution in [1.29, 1.82) is 0 Å². The summed E-state index contributed by atoms with van der Waals surface area (Å²) in [7, 11) is 0. The lowest BCUT2D eigenvalue weighted by Crippen LogP contribution is -2.32. The largest absolute Gasteiger partial charge is 0.339 e. The van der Waals surface area contributed by atoms with Gasteiger partial charge >= 0.3 is 0 Å². The minimum atomic E-state index is 0.0316. The molecule has 0 saturated carbocycles. The molecular weight excluding hydrogens is 264 g/mol. The third-order valence-electron chi connectivity index (χ3n) is 4.84. The number of carbonyl (C=O) groups excluding carboxylic acids is 2. The fraction of sp³-hybridized carbons (Fsp3) is 0.529. The molecule has 1 aromatic carbocycles. The molecule has 3 rings (SSSR count). The van der Waals surface area contributed by atoms with Crippen LogP contribution in [0.15, 0.2) is 24.3 Å². The van der Waals surface area contributed by atoms with Gasteiger partial charge in [-0.1, -0.05) is 12.1 Å². The van der Waals surface area contributed by atoms with Gasteiger partial charge in [-0.25, -0.2) is 0 Å². The molecule has 2 heterocycles. The van der Waals surface area contributed by atoms with Crippen LogP contribution in [-0.4, -0.2) is 42.8 Å². The van der Waals surface area contributed by atoms with E-state index < -0.39 is 0 Å². The van der Waals surface area contributed by atoms with Gasteiger partial charge in [-0.2, -0.15) is 0 Å². The van der Waals surface area contributed by atoms with Crippen molar-refractivity contribution in [3.05, 3.63) is 35.4 Å². The molecule has 1 amide bonds. The fourth-order valence-corrected chi connectivity index (χ4v) is 3.45. The molecule has 112 valence electrons. The van der Waals surface area contributed by atoms with Crippen LogP contribution in [0.5, 0.6) is 0 Å². The molecule has 0 radical (unpaired) electrons. The molecule has 4 heteroatoms. The molecule has 1 aromatic rings. The molecule has 2 saturated heterocycles. The smallest absolute Gasteiger partial charge is 0.253 e. The average molecular weight is 286 g/mol. The normalized spacial score (nSPS) is 25.3. The average Bonchev–Trinajstić information content (AvgIpc) is 2.85. The Balaban J connectivity index is 1.68. The van der Waals surface area contributed by atoms with E-state index in [1.54, 1.807) is 31.2 Å². The first-order chi connectivity index (χ1) is 10.1. The summed E-state index contributed by atoms with van der Waals surface area (Å²) in [6.07, 6.45) is 2.18. The molecule has 0 bridgehead atoms. The number of ketones is 1. The number of nitrogens with one attached hydrogen (secondary N) is 1. The molecular formula is C17H22N2O2. The fourth-order valence-electron chi connectivity index (χ4n) is 3.45. The Morgan fingerprint density at radius 3 is 2.05 bits per heavy atom. The van der Waals surface area contributed by atoms with E-state index in [0.717, 1.165) is 50.9 Å². The summed E-state index contributed by atoms with van der Waals surface area (Å²) in [5, 5.41) is 3.45. The number of amides is 1. The van der Waals surface area contributed by atoms with Crippen LogP contribution in [-0.2, 0) is 0 Å². The minimum absolute atomic E-state index is 0.0316. The Labute approximate surface area is 125 Å². The van der Waals surface area contributed by atoms with Gasteiger partial charge in [-0.15, -0.1) is 0 Å². The summed E-state index contributed by atoms with van der Waals surface area (Å²) in [5.41, 5.74) is 1.34. The van der Waals surface area contributed by atoms with Crippen molar-refractivity contribution in [2.75, 3.05) is 26.2 Å². The van der Waals surface area contributed by atoms with E-state index in [2.05, 4.69) is 5.32 Å². The molecule has 1 N–H and O–H groups in total. The van der Waals surface area contributed by atoms with E-state index >= 15 is 0 Å². The van der Waals surface area contributed by atoms with Gasteiger partial charge in [0.2, 0.25) is 0 Å². The number of rotatable bonds is 2. The lowest BCUT2D eigenvalue weighted by molar-refractivity contribution is 0.0758. The molecule has 2 aliphatic heterocycles. The van der Waals surface area contributed by atoms with Crippen molar-refractivity contribution in [2.45, 2.75) is 19.8 Å². The molecule has 2 aliphatic rings. The number of hydrogen-bond donors (Lipinski definition) is 1. The van der Waals surface area contributed by atoms with Gasteiger partial charge in [0.25, 0.3) is 5.91 Å². The van der Waals surface area contributed by atoms with Crippen molar-refractivity contribution in [3.63, 3.8) is 0 Å². The van der Waals surface area contributed by atoms with E-state index in [1.165, 1.54) is 0 Å². The Morgan fingerprint density at radius 1 is 1.00 bits per heavy atom. The summed E-state index contributed by atoms with van der Waals surface area (Å²) in [5.74, 6) is 1.58. The van der Waals surface area contributed by atoms with Crippen LogP contribution in [0.25, 0.3) is 0 Å². The second kappa shape index (κ2) is 5.98. The van der Waals surface area contributed by atoms with Gasteiger partial charge in [-0.3, -0.25) is 9.59 Å². The number of Topliss-reactive ketones (excluding diaryl/α,β-unsaturated/α-hetero) is 1. The van der Waals surface area contributed by atoms with Crippen molar-refractivity contribution in [2.24, 2.45) is 11.8 Å². The lowest BCUT2D eigenvalue weighted by atomic mass is 9.92. The SMILES string of the molecule is CC(=O)c1ccc(C(=O)N2CC[C@@H]3CNC[C@@H]3CC2)cc1. The van der Waals surface area contributed by atoms with Gasteiger partial charge in [0.15, 0.2) is 5.78 Å². The maximum absolute atomic E-state index is 12.6. The predicted octanol–water partition coefficient (Wildman–Crippen LogP) is 1.96. The summed E-state index contributed by atoms with van der Waals surface area (Å²) in [6.45, 7) is 5.42. The Hall–Kier alpha value is -1.68. The highest BCUT2D eigenvalue weighted by atomic mass is 16.2. The van der Waals surface area contributed by atoms with E-state index in [4.69, 9.17) is 0 Å². The highest BCUT2D eigenvalue weighted by molar-refractivity contribution is 5.97. The third-order valence-corrected chi connectivity index (χ3v) is 4.84. The lowest BCUT2D eigenvalue weighted by Gasteiger charge is -2.21. The van der Waals surface area contributed by atoms with Crippen LogP contribution >= 0.6 is 0 Å². The summed E-state index contributed by atoms with van der Waals surface area (Å²) in [4.78, 5) is 25.8. The van der Waals surface area contributed by atoms with Crippen LogP contribution < -0.4 is 5.32 Å². The van der Waals surface area contributed by atoms with E-state index in [0.29, 0.717) is 11.1 Å². The van der Waals surface area contributed by atoms with Crippen LogP contribution in [0.2, 0.25) is 0 Å². The van der Waals surface area contributed by atoms with Gasteiger partial charge in [0, 0.05) is 24.2 Å². The monoisotopic (exact) mass is 286 g/mol. The Morgan fingerprint density at radius 2 is 1.52 bits per heavy atom. The summed E-state index contributed by atoms with van der Waals surface area (Å²) >= 11 is 0. The molecule has 21 heavy (non-hydrogen) atoms. The second-order valence-electron chi connectivity index (χ2n) is 6.18. The zero-order valence-corrected chi connectivity index (χ0v) is 12.5. The highest BCUT2D eigenvalue weighted by Gasteiger charge is 2.31. The quantitative estimate of drug-likeness (QED) is 0.846. The van der Waals surface area contributed by atoms with Crippen LogP contribution in [0.4, 0.5) is 0 Å². The highest BCUT2D eigenvalue weighted by Crippen LogP contribution is 2.27. The molecule has 0 aromatic heterocycles. The first kappa shape index (κ1) is 14.3. The first-order valence-corrected chi connectivity index (χ1v) is 7.76. The van der Waals surface area contributed by atoms with Crippen molar-refractivity contribution in [3.8, 4) is 0 Å². The molecule has 0 unspecified atom stereocenters. The maximum Gasteiger partial charge on any atom is 0.253 e. The Kier molecular flexibility index (Phi) is 4.06. The van der Waals surface area contributed by atoms with E-state index in [9.17, 15) is 9.59 Å². The molecule has 2 atom stereocenters. The standard InChI is InChI=1S/C17H22N2O2/c1-12(20)13-2-4-14(5-3-13)17(21)19-8-6-15-10-18-11-16(15)7-9-19/h2-5,15-16,18H,6-11H2,1H3/t15-,16+. The Bertz CT molecular complexity index is 524. The van der Waals surface area contributed by atoms with Gasteiger partial charge in [0.05, 0.1) is 0 Å². The van der Waals surface area contributed by atoms with Crippen molar-refractivity contribution >= 4 is 11.7 Å². The topological polar surface area (TPSA) is 49.4 Å². The van der Waals surface area contributed by atoms with Crippen LogP contribution in [0.1, 0.15) is 40.5 Å². The number of fused-ring (bicyclic) bond motifs is 1. The van der Waals surface area contributed by atoms with Gasteiger partial charge in [0.1, 0.15) is 0 Å². The van der Waals surface area contributed by atoms with Crippen molar-refractivity contribution in [1.82, 2.24) is 10.2 Å². The summed E-state index contributed by atoms with van der Waals surface area (Å²) < 4.78 is 0. The number of nitrogens with zero attached hydrogens (tertiary/aromatic N) is 1. The van der Waals surface area contributed by atoms with E-state index in [1.807, 2.05) is 4.90 Å². The molecule has 4 nitrogen and oxygen atoms in total. The predicted molar refractivity (Wildman–Crippen MR) is 81.4 cm³/mol. The maximum atomic E-state index is 12.6. The number of likely N-dealkylation sites (tertiary alicyclic amines) is 1. The third kappa shape index (κ3) is 3.00. The van der Waals surface area contributed by atoms with Gasteiger partial charge in [-0.05, 0) is 56.8 Å². The number of hydrogen-bond acceptors (Lipinski definition) is 3. The number of benzene rings is 1. The van der Waals surface area contributed by atoms with Crippen molar-refractivity contribution < 1.29 is 9.59 Å². The van der Waals surface area contributed by atoms with Crippen LogP contribution in [0.3, 0.4) is 0 Å². The summed E-state index contributed by atoms with van der Waals surface area (Å²) in [6, 6.07) is 7.02. The second-order valence-corrected chi connectivity index (χ2v) is 6.18. The van der Waals surface area contributed by atoms with Gasteiger partial charge < -0.3 is 10.2 Å². The molecule has 0 aliphatic carbocycles. The van der Waals surface area contributed by atoms with Crippen LogP contribution in [0, 0.1) is 11.8 Å². The molecule has 2 fully saturated rings. The first-order valence-electron chi connectivity index (χ1n) is 7.76. The zero-order valence-electron chi connectivity index (χ0n) is 12.5. The zero-order chi connectivity index (χ0) is 14.8.